The molecular formula is C9H11F2N3O. The van der Waals surface area contributed by atoms with Crippen LogP contribution in [0.25, 0.3) is 0 Å². The van der Waals surface area contributed by atoms with Crippen LogP contribution in [-0.2, 0) is 0 Å². The van der Waals surface area contributed by atoms with E-state index in [9.17, 15) is 13.6 Å². The van der Waals surface area contributed by atoms with Gasteiger partial charge in [-0.3, -0.25) is 9.78 Å². The van der Waals surface area contributed by atoms with E-state index in [0.717, 1.165) is 0 Å². The van der Waals surface area contributed by atoms with E-state index in [2.05, 4.69) is 10.3 Å². The van der Waals surface area contributed by atoms with Crippen molar-refractivity contribution in [1.29, 1.82) is 0 Å². The lowest BCUT2D eigenvalue weighted by Crippen LogP contribution is -2.41. The predicted octanol–water partition coefficient (Wildman–Crippen LogP) is 0.405. The van der Waals surface area contributed by atoms with Crippen molar-refractivity contribution in [2.24, 2.45) is 5.73 Å². The molecule has 0 bridgehead atoms. The quantitative estimate of drug-likeness (QED) is 0.764. The van der Waals surface area contributed by atoms with Gasteiger partial charge in [0.05, 0.1) is 13.1 Å². The summed E-state index contributed by atoms with van der Waals surface area (Å²) in [6.07, 6.45) is 1.41. The number of amides is 1. The Balaban J connectivity index is 2.51. The number of pyridine rings is 1. The SMILES string of the molecule is NCC(F)(F)CNC(=O)c1ccccn1. The number of rotatable bonds is 4. The largest absolute Gasteiger partial charge is 0.345 e. The van der Waals surface area contributed by atoms with E-state index in [-0.39, 0.29) is 5.69 Å². The normalized spacial score (nSPS) is 11.1. The number of nitrogens with zero attached hydrogens (tertiary/aromatic N) is 1. The Bertz CT molecular complexity index is 329. The van der Waals surface area contributed by atoms with Crippen LogP contribution >= 0.6 is 0 Å². The van der Waals surface area contributed by atoms with Crippen molar-refractivity contribution in [3.63, 3.8) is 0 Å². The van der Waals surface area contributed by atoms with Crippen molar-refractivity contribution in [3.8, 4) is 0 Å². The van der Waals surface area contributed by atoms with Crippen LogP contribution in [0, 0.1) is 0 Å². The number of hydrogen-bond donors (Lipinski definition) is 2. The first-order valence-corrected chi connectivity index (χ1v) is 4.32. The summed E-state index contributed by atoms with van der Waals surface area (Å²) < 4.78 is 25.3. The zero-order chi connectivity index (χ0) is 11.3. The molecule has 0 unspecified atom stereocenters. The summed E-state index contributed by atoms with van der Waals surface area (Å²) in [5, 5.41) is 2.06. The summed E-state index contributed by atoms with van der Waals surface area (Å²) in [6.45, 7) is -1.57. The molecule has 82 valence electrons. The highest BCUT2D eigenvalue weighted by atomic mass is 19.3. The standard InChI is InChI=1S/C9H11F2N3O/c10-9(11,5-12)6-14-8(15)7-3-1-2-4-13-7/h1-4H,5-6,12H2,(H,14,15). The van der Waals surface area contributed by atoms with Gasteiger partial charge in [-0.2, -0.15) is 0 Å². The third kappa shape index (κ3) is 3.59. The molecule has 1 rings (SSSR count). The Hall–Kier alpha value is -1.56. The molecule has 0 atom stereocenters. The maximum Gasteiger partial charge on any atom is 0.277 e. The van der Waals surface area contributed by atoms with Crippen LogP contribution in [0.15, 0.2) is 24.4 Å². The molecule has 0 aliphatic rings. The van der Waals surface area contributed by atoms with E-state index in [1.165, 1.54) is 12.3 Å². The van der Waals surface area contributed by atoms with Gasteiger partial charge in [0.15, 0.2) is 0 Å². The molecule has 4 nitrogen and oxygen atoms in total. The zero-order valence-electron chi connectivity index (χ0n) is 7.91. The summed E-state index contributed by atoms with van der Waals surface area (Å²) in [5.74, 6) is -3.71. The lowest BCUT2D eigenvalue weighted by Gasteiger charge is -2.13. The van der Waals surface area contributed by atoms with E-state index < -0.39 is 24.9 Å². The van der Waals surface area contributed by atoms with E-state index in [4.69, 9.17) is 5.73 Å². The van der Waals surface area contributed by atoms with Gasteiger partial charge in [0.2, 0.25) is 0 Å². The fourth-order valence-corrected chi connectivity index (χ4v) is 0.869. The van der Waals surface area contributed by atoms with Crippen LogP contribution in [0.3, 0.4) is 0 Å². The fourth-order valence-electron chi connectivity index (χ4n) is 0.869. The smallest absolute Gasteiger partial charge is 0.277 e. The van der Waals surface area contributed by atoms with Gasteiger partial charge in [-0.15, -0.1) is 0 Å². The second kappa shape index (κ2) is 4.79. The van der Waals surface area contributed by atoms with Gasteiger partial charge in [-0.25, -0.2) is 8.78 Å². The maximum absolute atomic E-state index is 12.7. The second-order valence-electron chi connectivity index (χ2n) is 2.96. The molecule has 0 aliphatic carbocycles. The molecule has 0 saturated carbocycles. The molecule has 6 heteroatoms. The van der Waals surface area contributed by atoms with Crippen molar-refractivity contribution in [2.45, 2.75) is 5.92 Å². The molecular weight excluding hydrogens is 204 g/mol. The van der Waals surface area contributed by atoms with Gasteiger partial charge >= 0.3 is 0 Å². The number of nitrogens with one attached hydrogen (secondary N) is 1. The third-order valence-electron chi connectivity index (χ3n) is 1.70. The molecule has 0 saturated heterocycles. The third-order valence-corrected chi connectivity index (χ3v) is 1.70. The summed E-state index contributed by atoms with van der Waals surface area (Å²) in [7, 11) is 0. The van der Waals surface area contributed by atoms with Crippen LogP contribution in [0.5, 0.6) is 0 Å². The van der Waals surface area contributed by atoms with E-state index >= 15 is 0 Å². The average molecular weight is 215 g/mol. The molecule has 0 fully saturated rings. The Morgan fingerprint density at radius 1 is 1.53 bits per heavy atom. The highest BCUT2D eigenvalue weighted by molar-refractivity contribution is 5.92. The van der Waals surface area contributed by atoms with Gasteiger partial charge in [0, 0.05) is 6.20 Å². The van der Waals surface area contributed by atoms with Crippen molar-refractivity contribution in [3.05, 3.63) is 30.1 Å². The maximum atomic E-state index is 12.7. The first-order chi connectivity index (χ1) is 7.05. The highest BCUT2D eigenvalue weighted by Crippen LogP contribution is 2.08. The number of hydrogen-bond acceptors (Lipinski definition) is 3. The monoisotopic (exact) mass is 215 g/mol. The van der Waals surface area contributed by atoms with Crippen LogP contribution in [0.4, 0.5) is 8.78 Å². The predicted molar refractivity (Wildman–Crippen MR) is 50.6 cm³/mol. The van der Waals surface area contributed by atoms with Crippen molar-refractivity contribution in [1.82, 2.24) is 10.3 Å². The van der Waals surface area contributed by atoms with Crippen LogP contribution < -0.4 is 11.1 Å². The Morgan fingerprint density at radius 3 is 2.80 bits per heavy atom. The van der Waals surface area contributed by atoms with Gasteiger partial charge in [-0.1, -0.05) is 6.07 Å². The van der Waals surface area contributed by atoms with Gasteiger partial charge < -0.3 is 11.1 Å². The van der Waals surface area contributed by atoms with Crippen LogP contribution in [-0.4, -0.2) is 29.9 Å². The minimum atomic E-state index is -3.08. The number of nitrogens with two attached hydrogens (primary N) is 1. The zero-order valence-corrected chi connectivity index (χ0v) is 7.91. The molecule has 1 amide bonds. The summed E-state index contributed by atoms with van der Waals surface area (Å²) in [5.41, 5.74) is 4.92. The van der Waals surface area contributed by atoms with E-state index in [1.807, 2.05) is 0 Å². The van der Waals surface area contributed by atoms with Crippen molar-refractivity contribution in [2.75, 3.05) is 13.1 Å². The minimum absolute atomic E-state index is 0.102. The fraction of sp³-hybridized carbons (Fsp3) is 0.333. The summed E-state index contributed by atoms with van der Waals surface area (Å²) >= 11 is 0. The van der Waals surface area contributed by atoms with Crippen LogP contribution in [0.2, 0.25) is 0 Å². The number of carbonyl (C=O) groups excluding carboxylic acids is 1. The molecule has 0 aromatic carbocycles. The second-order valence-corrected chi connectivity index (χ2v) is 2.96. The lowest BCUT2D eigenvalue weighted by molar-refractivity contribution is 0.0118. The minimum Gasteiger partial charge on any atom is -0.345 e. The Kier molecular flexibility index (Phi) is 3.68. The molecule has 1 aromatic heterocycles. The lowest BCUT2D eigenvalue weighted by atomic mass is 10.3. The number of halogens is 2. The average Bonchev–Trinajstić information content (AvgIpc) is 2.27. The Morgan fingerprint density at radius 2 is 2.27 bits per heavy atom. The molecule has 3 N–H and O–H groups in total. The summed E-state index contributed by atoms with van der Waals surface area (Å²) in [6, 6.07) is 4.67. The molecule has 15 heavy (non-hydrogen) atoms. The molecule has 0 aliphatic heterocycles. The topological polar surface area (TPSA) is 68.0 Å². The first-order valence-electron chi connectivity index (χ1n) is 4.32. The molecule has 1 heterocycles. The number of carbonyl (C=O) groups is 1. The van der Waals surface area contributed by atoms with Crippen molar-refractivity contribution < 1.29 is 13.6 Å². The van der Waals surface area contributed by atoms with E-state index in [0.29, 0.717) is 0 Å². The van der Waals surface area contributed by atoms with Gasteiger partial charge in [0.1, 0.15) is 5.69 Å². The first kappa shape index (κ1) is 11.5. The number of alkyl halides is 2. The number of aromatic nitrogens is 1. The van der Waals surface area contributed by atoms with Gasteiger partial charge in [-0.05, 0) is 12.1 Å². The molecule has 0 spiro atoms. The van der Waals surface area contributed by atoms with Crippen molar-refractivity contribution >= 4 is 5.91 Å². The molecule has 1 aromatic rings. The van der Waals surface area contributed by atoms with E-state index in [1.54, 1.807) is 12.1 Å². The molecule has 0 radical (unpaired) electrons. The highest BCUT2D eigenvalue weighted by Gasteiger charge is 2.27. The van der Waals surface area contributed by atoms with Crippen LogP contribution in [0.1, 0.15) is 10.5 Å². The summed E-state index contributed by atoms with van der Waals surface area (Å²) in [4.78, 5) is 15.0. The Labute approximate surface area is 85.5 Å². The van der Waals surface area contributed by atoms with Gasteiger partial charge in [0.25, 0.3) is 11.8 Å².